The molecule has 0 atom stereocenters. The Labute approximate surface area is 188 Å². The van der Waals surface area contributed by atoms with Crippen molar-refractivity contribution in [2.45, 2.75) is 6.54 Å². The second-order valence-electron chi connectivity index (χ2n) is 8.34. The van der Waals surface area contributed by atoms with Gasteiger partial charge in [-0.2, -0.15) is 0 Å². The summed E-state index contributed by atoms with van der Waals surface area (Å²) >= 11 is 0. The zero-order valence-electron chi connectivity index (χ0n) is 17.5. The molecule has 0 saturated heterocycles. The van der Waals surface area contributed by atoms with Gasteiger partial charge in [-0.3, -0.25) is 4.99 Å². The number of nitrogens with zero attached hydrogens (tertiary/aromatic N) is 3. The van der Waals surface area contributed by atoms with Gasteiger partial charge in [-0.15, -0.1) is 0 Å². The van der Waals surface area contributed by atoms with Crippen LogP contribution >= 0.6 is 0 Å². The number of imidazole rings is 1. The van der Waals surface area contributed by atoms with Gasteiger partial charge in [0, 0.05) is 27.6 Å². The van der Waals surface area contributed by atoms with Crippen molar-refractivity contribution in [1.82, 2.24) is 14.5 Å². The molecule has 7 rings (SSSR count). The molecule has 4 aromatic carbocycles. The molecule has 0 spiro atoms. The van der Waals surface area contributed by atoms with Crippen LogP contribution in [0.4, 0.5) is 4.39 Å². The van der Waals surface area contributed by atoms with E-state index in [9.17, 15) is 4.39 Å². The number of nitrogens with two attached hydrogens (primary N) is 1. The SMILES string of the molecule is NC1=NCc2cc(-n3c4ccccc4c4c(-c5nc6ccc(F)cc6[nH]5)cccc43)ccc21. The normalized spacial score (nSPS) is 13.2. The van der Waals surface area contributed by atoms with E-state index in [0.717, 1.165) is 55.5 Å². The van der Waals surface area contributed by atoms with Crippen LogP contribution in [0.25, 0.3) is 49.9 Å². The molecule has 0 fully saturated rings. The average Bonchev–Trinajstić information content (AvgIpc) is 3.52. The number of fused-ring (bicyclic) bond motifs is 5. The highest BCUT2D eigenvalue weighted by Gasteiger charge is 2.19. The molecule has 3 N–H and O–H groups in total. The quantitative estimate of drug-likeness (QED) is 0.370. The number of para-hydroxylation sites is 1. The number of hydrogen-bond acceptors (Lipinski definition) is 3. The monoisotopic (exact) mass is 431 g/mol. The summed E-state index contributed by atoms with van der Waals surface area (Å²) in [4.78, 5) is 12.4. The molecule has 0 saturated carbocycles. The van der Waals surface area contributed by atoms with Gasteiger partial charge in [0.05, 0.1) is 28.6 Å². The summed E-state index contributed by atoms with van der Waals surface area (Å²) < 4.78 is 16.0. The average molecular weight is 431 g/mol. The van der Waals surface area contributed by atoms with Crippen LogP contribution in [0.15, 0.2) is 83.9 Å². The van der Waals surface area contributed by atoms with Crippen molar-refractivity contribution in [3.8, 4) is 17.1 Å². The predicted molar refractivity (Wildman–Crippen MR) is 130 cm³/mol. The first kappa shape index (κ1) is 18.2. The molecule has 5 nitrogen and oxygen atoms in total. The van der Waals surface area contributed by atoms with Gasteiger partial charge in [-0.25, -0.2) is 9.37 Å². The van der Waals surface area contributed by atoms with Crippen molar-refractivity contribution in [3.05, 3.63) is 95.8 Å². The van der Waals surface area contributed by atoms with Crippen LogP contribution in [0.5, 0.6) is 0 Å². The maximum absolute atomic E-state index is 13.8. The van der Waals surface area contributed by atoms with E-state index in [1.807, 2.05) is 12.1 Å². The van der Waals surface area contributed by atoms with Gasteiger partial charge in [0.1, 0.15) is 17.5 Å². The summed E-state index contributed by atoms with van der Waals surface area (Å²) in [6.07, 6.45) is 0. The maximum Gasteiger partial charge on any atom is 0.139 e. The summed E-state index contributed by atoms with van der Waals surface area (Å²) in [5.74, 6) is 1.04. The van der Waals surface area contributed by atoms with Crippen LogP contribution in [0.1, 0.15) is 11.1 Å². The minimum absolute atomic E-state index is 0.284. The van der Waals surface area contributed by atoms with E-state index < -0.39 is 0 Å². The Kier molecular flexibility index (Phi) is 3.59. The van der Waals surface area contributed by atoms with Crippen LogP contribution < -0.4 is 5.73 Å². The standard InChI is InChI=1S/C27H18FN5/c28-16-8-11-21-22(13-16)32-27(31-21)20-5-3-7-24-25(20)19-4-1-2-6-23(19)33(24)17-9-10-18-15(12-17)14-30-26(18)29/h1-13H,14H2,(H2,29,30)(H,31,32). The zero-order valence-corrected chi connectivity index (χ0v) is 17.5. The van der Waals surface area contributed by atoms with E-state index in [4.69, 9.17) is 10.7 Å². The second-order valence-corrected chi connectivity index (χ2v) is 8.34. The molecule has 3 heterocycles. The number of benzene rings is 4. The molecule has 2 aromatic heterocycles. The molecule has 6 aromatic rings. The third-order valence-corrected chi connectivity index (χ3v) is 6.44. The van der Waals surface area contributed by atoms with Gasteiger partial charge in [-0.1, -0.05) is 30.3 Å². The third kappa shape index (κ3) is 2.58. The highest BCUT2D eigenvalue weighted by molar-refractivity contribution is 6.15. The molecule has 1 aliphatic rings. The lowest BCUT2D eigenvalue weighted by molar-refractivity contribution is 0.629. The first-order chi connectivity index (χ1) is 16.2. The lowest BCUT2D eigenvalue weighted by Crippen LogP contribution is -2.10. The van der Waals surface area contributed by atoms with E-state index in [1.165, 1.54) is 12.1 Å². The van der Waals surface area contributed by atoms with Crippen molar-refractivity contribution in [2.75, 3.05) is 0 Å². The Hall–Kier alpha value is -4.45. The minimum atomic E-state index is -0.284. The van der Waals surface area contributed by atoms with Crippen LogP contribution in [-0.4, -0.2) is 20.4 Å². The van der Waals surface area contributed by atoms with Crippen LogP contribution in [0, 0.1) is 5.82 Å². The fraction of sp³-hybridized carbons (Fsp3) is 0.0370. The molecule has 0 bridgehead atoms. The number of aliphatic imine (C=N–C) groups is 1. The first-order valence-electron chi connectivity index (χ1n) is 10.8. The van der Waals surface area contributed by atoms with Crippen LogP contribution in [0.2, 0.25) is 0 Å². The van der Waals surface area contributed by atoms with E-state index in [2.05, 4.69) is 63.1 Å². The molecular weight excluding hydrogens is 413 g/mol. The Morgan fingerprint density at radius 2 is 1.76 bits per heavy atom. The third-order valence-electron chi connectivity index (χ3n) is 6.44. The van der Waals surface area contributed by atoms with Gasteiger partial charge < -0.3 is 15.3 Å². The van der Waals surface area contributed by atoms with Crippen molar-refractivity contribution in [3.63, 3.8) is 0 Å². The lowest BCUT2D eigenvalue weighted by atomic mass is 10.1. The maximum atomic E-state index is 13.8. The Morgan fingerprint density at radius 3 is 2.70 bits per heavy atom. The molecule has 1 aliphatic heterocycles. The number of amidine groups is 1. The second kappa shape index (κ2) is 6.53. The molecular formula is C27H18FN5. The van der Waals surface area contributed by atoms with E-state index in [-0.39, 0.29) is 5.82 Å². The summed E-state index contributed by atoms with van der Waals surface area (Å²) in [6.45, 7) is 0.604. The summed E-state index contributed by atoms with van der Waals surface area (Å²) in [5.41, 5.74) is 13.8. The topological polar surface area (TPSA) is 72.0 Å². The molecule has 0 radical (unpaired) electrons. The Bertz CT molecular complexity index is 1770. The lowest BCUT2D eigenvalue weighted by Gasteiger charge is -2.10. The van der Waals surface area contributed by atoms with E-state index >= 15 is 0 Å². The molecule has 0 aliphatic carbocycles. The summed E-state index contributed by atoms with van der Waals surface area (Å²) in [5, 5.41) is 2.23. The molecule has 6 heteroatoms. The van der Waals surface area contributed by atoms with Crippen LogP contribution in [-0.2, 0) is 6.54 Å². The van der Waals surface area contributed by atoms with Crippen molar-refractivity contribution >= 4 is 38.7 Å². The fourth-order valence-corrected chi connectivity index (χ4v) is 4.96. The Balaban J connectivity index is 1.53. The number of rotatable bonds is 2. The minimum Gasteiger partial charge on any atom is -0.383 e. The smallest absolute Gasteiger partial charge is 0.139 e. The van der Waals surface area contributed by atoms with Gasteiger partial charge in [0.15, 0.2) is 0 Å². The molecule has 158 valence electrons. The number of halogens is 1. The fourth-order valence-electron chi connectivity index (χ4n) is 4.96. The molecule has 33 heavy (non-hydrogen) atoms. The van der Waals surface area contributed by atoms with Crippen LogP contribution in [0.3, 0.4) is 0 Å². The zero-order chi connectivity index (χ0) is 22.1. The van der Waals surface area contributed by atoms with Crippen molar-refractivity contribution in [2.24, 2.45) is 10.7 Å². The van der Waals surface area contributed by atoms with E-state index in [1.54, 1.807) is 6.07 Å². The Morgan fingerprint density at radius 1 is 0.879 bits per heavy atom. The predicted octanol–water partition coefficient (Wildman–Crippen LogP) is 5.69. The largest absolute Gasteiger partial charge is 0.383 e. The summed E-state index contributed by atoms with van der Waals surface area (Å²) in [7, 11) is 0. The van der Waals surface area contributed by atoms with E-state index in [0.29, 0.717) is 17.9 Å². The first-order valence-corrected chi connectivity index (χ1v) is 10.8. The van der Waals surface area contributed by atoms with Gasteiger partial charge in [0.2, 0.25) is 0 Å². The highest BCUT2D eigenvalue weighted by atomic mass is 19.1. The van der Waals surface area contributed by atoms with Crippen molar-refractivity contribution in [1.29, 1.82) is 0 Å². The van der Waals surface area contributed by atoms with Gasteiger partial charge in [-0.05, 0) is 54.1 Å². The number of aromatic nitrogens is 3. The summed E-state index contributed by atoms with van der Waals surface area (Å²) in [6, 6.07) is 25.5. The van der Waals surface area contributed by atoms with Gasteiger partial charge >= 0.3 is 0 Å². The van der Waals surface area contributed by atoms with Crippen molar-refractivity contribution < 1.29 is 4.39 Å². The number of H-pyrrole nitrogens is 1. The molecule has 0 amide bonds. The number of aromatic amines is 1. The van der Waals surface area contributed by atoms with Gasteiger partial charge in [0.25, 0.3) is 0 Å². The number of nitrogens with one attached hydrogen (secondary N) is 1. The molecule has 0 unspecified atom stereocenters. The number of hydrogen-bond donors (Lipinski definition) is 2. The highest BCUT2D eigenvalue weighted by Crippen LogP contribution is 2.38.